The number of benzene rings is 1. The van der Waals surface area contributed by atoms with E-state index in [9.17, 15) is 19.5 Å². The molecule has 0 unspecified atom stereocenters. The van der Waals surface area contributed by atoms with Crippen molar-refractivity contribution in [3.05, 3.63) is 58.7 Å². The van der Waals surface area contributed by atoms with Crippen molar-refractivity contribution in [3.8, 4) is 0 Å². The fourth-order valence-corrected chi connectivity index (χ4v) is 8.09. The van der Waals surface area contributed by atoms with Gasteiger partial charge < -0.3 is 10.2 Å². The number of aliphatic carboxylic acids is 2. The average Bonchev–Trinajstić information content (AvgIpc) is 3.15. The van der Waals surface area contributed by atoms with Gasteiger partial charge in [-0.2, -0.15) is 0 Å². The Labute approximate surface area is 200 Å². The first-order valence-electron chi connectivity index (χ1n) is 12.6. The van der Waals surface area contributed by atoms with E-state index >= 15 is 0 Å². The molecular formula is C29H34O5. The van der Waals surface area contributed by atoms with Gasteiger partial charge in [0.15, 0.2) is 5.78 Å². The molecule has 2 fully saturated rings. The van der Waals surface area contributed by atoms with Crippen LogP contribution in [0, 0.1) is 34.5 Å². The van der Waals surface area contributed by atoms with E-state index in [1.54, 1.807) is 24.3 Å². The second-order valence-electron chi connectivity index (χ2n) is 11.5. The van der Waals surface area contributed by atoms with Crippen molar-refractivity contribution < 1.29 is 24.6 Å². The van der Waals surface area contributed by atoms with Crippen molar-refractivity contribution in [3.63, 3.8) is 0 Å². The molecule has 34 heavy (non-hydrogen) atoms. The lowest BCUT2D eigenvalue weighted by Crippen LogP contribution is -2.50. The van der Waals surface area contributed by atoms with E-state index in [1.165, 1.54) is 5.57 Å². The van der Waals surface area contributed by atoms with Gasteiger partial charge in [-0.3, -0.25) is 9.59 Å². The predicted molar refractivity (Wildman–Crippen MR) is 128 cm³/mol. The van der Waals surface area contributed by atoms with Crippen molar-refractivity contribution in [2.24, 2.45) is 34.5 Å². The summed E-state index contributed by atoms with van der Waals surface area (Å²) in [7, 11) is 0. The van der Waals surface area contributed by atoms with Gasteiger partial charge in [0.1, 0.15) is 0 Å². The molecule has 6 atom stereocenters. The fourth-order valence-electron chi connectivity index (χ4n) is 8.09. The molecule has 2 saturated carbocycles. The molecule has 4 aliphatic carbocycles. The van der Waals surface area contributed by atoms with Gasteiger partial charge in [0.05, 0.1) is 6.42 Å². The largest absolute Gasteiger partial charge is 0.481 e. The van der Waals surface area contributed by atoms with Gasteiger partial charge in [0.25, 0.3) is 0 Å². The molecule has 0 radical (unpaired) electrons. The molecule has 0 bridgehead atoms. The van der Waals surface area contributed by atoms with E-state index in [1.807, 2.05) is 6.08 Å². The van der Waals surface area contributed by atoms with Gasteiger partial charge in [-0.25, -0.2) is 4.79 Å². The molecule has 5 rings (SSSR count). The SMILES string of the molecule is C[C@]12CC[C@H]3[C@@H](CC=C4C=C(C(=O)O)CC[C@@]43C)[C@@H]1CC[C@@H]2C(=O)c1ccc(CC(=O)O)cc1. The van der Waals surface area contributed by atoms with Gasteiger partial charge >= 0.3 is 11.9 Å². The Bertz CT molecular complexity index is 1100. The quantitative estimate of drug-likeness (QED) is 0.548. The summed E-state index contributed by atoms with van der Waals surface area (Å²) in [6, 6.07) is 7.13. The van der Waals surface area contributed by atoms with Crippen LogP contribution in [0.2, 0.25) is 0 Å². The molecular weight excluding hydrogens is 428 g/mol. The summed E-state index contributed by atoms with van der Waals surface area (Å²) < 4.78 is 0. The maximum Gasteiger partial charge on any atom is 0.331 e. The molecule has 0 spiro atoms. The minimum absolute atomic E-state index is 0.00632. The Morgan fingerprint density at radius 1 is 0.971 bits per heavy atom. The van der Waals surface area contributed by atoms with Crippen LogP contribution in [-0.2, 0) is 16.0 Å². The van der Waals surface area contributed by atoms with Gasteiger partial charge in [-0.05, 0) is 90.7 Å². The third kappa shape index (κ3) is 3.55. The number of allylic oxidation sites excluding steroid dienone is 3. The predicted octanol–water partition coefficient (Wildman–Crippen LogP) is 5.70. The molecule has 0 saturated heterocycles. The zero-order valence-corrected chi connectivity index (χ0v) is 20.0. The van der Waals surface area contributed by atoms with Crippen LogP contribution in [0.3, 0.4) is 0 Å². The number of carbonyl (C=O) groups is 3. The topological polar surface area (TPSA) is 91.7 Å². The molecule has 2 N–H and O–H groups in total. The lowest BCUT2D eigenvalue weighted by Gasteiger charge is -2.57. The standard InChI is InChI=1S/C29H34O5/c1-28-13-11-19(27(33)34)16-20(28)7-8-21-22-9-10-24(29(22,2)14-12-23(21)28)26(32)18-5-3-17(4-6-18)15-25(30)31/h3-7,16,21-24H,8-15H2,1-2H3,(H,30,31)(H,33,34)/t21-,22-,23-,24+,28-,29-/m0/s1. The summed E-state index contributed by atoms with van der Waals surface area (Å²) in [5.74, 6) is 0.139. The first kappa shape index (κ1) is 23.1. The molecule has 4 aliphatic rings. The van der Waals surface area contributed by atoms with Gasteiger partial charge in [-0.15, -0.1) is 0 Å². The number of fused-ring (bicyclic) bond motifs is 5. The second kappa shape index (κ2) is 8.21. The number of carboxylic acids is 2. The molecule has 0 heterocycles. The molecule has 1 aromatic rings. The normalized spacial score (nSPS) is 36.4. The molecule has 0 aliphatic heterocycles. The molecule has 0 aromatic heterocycles. The van der Waals surface area contributed by atoms with Crippen LogP contribution < -0.4 is 0 Å². The van der Waals surface area contributed by atoms with E-state index in [0.717, 1.165) is 38.5 Å². The Morgan fingerprint density at radius 3 is 2.38 bits per heavy atom. The van der Waals surface area contributed by atoms with Crippen molar-refractivity contribution in [1.82, 2.24) is 0 Å². The van der Waals surface area contributed by atoms with E-state index in [2.05, 4.69) is 19.9 Å². The minimum Gasteiger partial charge on any atom is -0.481 e. The monoisotopic (exact) mass is 462 g/mol. The smallest absolute Gasteiger partial charge is 0.331 e. The van der Waals surface area contributed by atoms with E-state index in [4.69, 9.17) is 5.11 Å². The summed E-state index contributed by atoms with van der Waals surface area (Å²) >= 11 is 0. The van der Waals surface area contributed by atoms with E-state index in [0.29, 0.717) is 40.9 Å². The average molecular weight is 463 g/mol. The number of carbonyl (C=O) groups excluding carboxylic acids is 1. The molecule has 1 aromatic carbocycles. The highest BCUT2D eigenvalue weighted by molar-refractivity contribution is 5.98. The van der Waals surface area contributed by atoms with E-state index < -0.39 is 11.9 Å². The summed E-state index contributed by atoms with van der Waals surface area (Å²) in [5, 5.41) is 18.5. The maximum absolute atomic E-state index is 13.6. The molecule has 0 amide bonds. The van der Waals surface area contributed by atoms with Crippen LogP contribution in [0.25, 0.3) is 0 Å². The van der Waals surface area contributed by atoms with Gasteiger partial charge in [0.2, 0.25) is 0 Å². The first-order chi connectivity index (χ1) is 16.1. The zero-order valence-electron chi connectivity index (χ0n) is 20.0. The summed E-state index contributed by atoms with van der Waals surface area (Å²) in [5.41, 5.74) is 3.17. The minimum atomic E-state index is -0.868. The number of hydrogen-bond donors (Lipinski definition) is 2. The summed E-state index contributed by atoms with van der Waals surface area (Å²) in [6.07, 6.45) is 10.8. The lowest BCUT2D eigenvalue weighted by atomic mass is 9.47. The highest BCUT2D eigenvalue weighted by atomic mass is 16.4. The van der Waals surface area contributed by atoms with Crippen LogP contribution in [-0.4, -0.2) is 27.9 Å². The highest BCUT2D eigenvalue weighted by Crippen LogP contribution is 2.66. The van der Waals surface area contributed by atoms with Crippen LogP contribution in [0.5, 0.6) is 0 Å². The van der Waals surface area contributed by atoms with Crippen molar-refractivity contribution in [2.45, 2.75) is 65.2 Å². The summed E-state index contributed by atoms with van der Waals surface area (Å²) in [6.45, 7) is 4.66. The Morgan fingerprint density at radius 2 is 1.71 bits per heavy atom. The number of rotatable bonds is 5. The van der Waals surface area contributed by atoms with Crippen molar-refractivity contribution in [1.29, 1.82) is 0 Å². The van der Waals surface area contributed by atoms with Crippen LogP contribution >= 0.6 is 0 Å². The highest BCUT2D eigenvalue weighted by Gasteiger charge is 2.59. The lowest BCUT2D eigenvalue weighted by molar-refractivity contribution is -0.136. The maximum atomic E-state index is 13.6. The van der Waals surface area contributed by atoms with Crippen molar-refractivity contribution >= 4 is 17.7 Å². The van der Waals surface area contributed by atoms with Crippen LogP contribution in [0.15, 0.2) is 47.6 Å². The zero-order chi connectivity index (χ0) is 24.3. The van der Waals surface area contributed by atoms with Crippen LogP contribution in [0.4, 0.5) is 0 Å². The number of Topliss-reactive ketones (excluding diaryl/α,β-unsaturated/α-hetero) is 1. The third-order valence-corrected chi connectivity index (χ3v) is 9.95. The Balaban J connectivity index is 1.38. The van der Waals surface area contributed by atoms with Gasteiger partial charge in [-0.1, -0.05) is 44.2 Å². The number of hydrogen-bond acceptors (Lipinski definition) is 3. The summed E-state index contributed by atoms with van der Waals surface area (Å²) in [4.78, 5) is 36.1. The number of ketones is 1. The van der Waals surface area contributed by atoms with Gasteiger partial charge in [0, 0.05) is 17.1 Å². The van der Waals surface area contributed by atoms with Crippen molar-refractivity contribution in [2.75, 3.05) is 0 Å². The van der Waals surface area contributed by atoms with E-state index in [-0.39, 0.29) is 29.0 Å². The first-order valence-corrected chi connectivity index (χ1v) is 12.6. The fraction of sp³-hybridized carbons (Fsp3) is 0.552. The molecule has 180 valence electrons. The number of carboxylic acid groups (broad SMARTS) is 2. The second-order valence-corrected chi connectivity index (χ2v) is 11.5. The Hall–Kier alpha value is -2.69. The molecule has 5 nitrogen and oxygen atoms in total. The van der Waals surface area contributed by atoms with Crippen LogP contribution in [0.1, 0.15) is 74.7 Å². The Kier molecular flexibility index (Phi) is 5.57. The third-order valence-electron chi connectivity index (χ3n) is 9.95. The molecule has 5 heteroatoms.